The zero-order chi connectivity index (χ0) is 11.0. The second-order valence-corrected chi connectivity index (χ2v) is 4.99. The highest BCUT2D eigenvalue weighted by molar-refractivity contribution is 6.31. The number of halogens is 1. The lowest BCUT2D eigenvalue weighted by atomic mass is 10.0. The molecule has 1 aliphatic carbocycles. The molecule has 1 saturated carbocycles. The average molecular weight is 228 g/mol. The van der Waals surface area contributed by atoms with E-state index in [2.05, 4.69) is 5.10 Å². The fourth-order valence-electron chi connectivity index (χ4n) is 2.47. The minimum atomic E-state index is 0.392. The van der Waals surface area contributed by atoms with Crippen LogP contribution in [-0.2, 0) is 13.5 Å². The highest BCUT2D eigenvalue weighted by atomic mass is 35.5. The molecular formula is C11H18ClN3. The Kier molecular flexibility index (Phi) is 3.03. The first-order chi connectivity index (χ1) is 7.08. The van der Waals surface area contributed by atoms with Crippen LogP contribution in [-0.4, -0.2) is 15.8 Å². The van der Waals surface area contributed by atoms with Crippen LogP contribution in [0.15, 0.2) is 0 Å². The highest BCUT2D eigenvalue weighted by Gasteiger charge is 2.24. The summed E-state index contributed by atoms with van der Waals surface area (Å²) in [5, 5.41) is 5.16. The molecule has 2 rings (SSSR count). The summed E-state index contributed by atoms with van der Waals surface area (Å²) in [4.78, 5) is 0. The molecular weight excluding hydrogens is 210 g/mol. The van der Waals surface area contributed by atoms with E-state index in [4.69, 9.17) is 17.3 Å². The van der Waals surface area contributed by atoms with E-state index in [9.17, 15) is 0 Å². The van der Waals surface area contributed by atoms with Gasteiger partial charge in [-0.25, -0.2) is 0 Å². The highest BCUT2D eigenvalue weighted by Crippen LogP contribution is 2.30. The summed E-state index contributed by atoms with van der Waals surface area (Å²) in [7, 11) is 1.96. The Morgan fingerprint density at radius 2 is 2.27 bits per heavy atom. The molecule has 2 N–H and O–H groups in total. The van der Waals surface area contributed by atoms with Crippen molar-refractivity contribution < 1.29 is 0 Å². The first-order valence-electron chi connectivity index (χ1n) is 5.51. The summed E-state index contributed by atoms with van der Waals surface area (Å²) in [5.41, 5.74) is 7.99. The number of rotatable bonds is 2. The number of aromatic nitrogens is 2. The lowest BCUT2D eigenvalue weighted by molar-refractivity contribution is 0.512. The molecule has 0 amide bonds. The van der Waals surface area contributed by atoms with E-state index in [-0.39, 0.29) is 0 Å². The van der Waals surface area contributed by atoms with E-state index in [1.54, 1.807) is 0 Å². The predicted octanol–water partition coefficient (Wildman–Crippen LogP) is 2.05. The Morgan fingerprint density at radius 3 is 2.73 bits per heavy atom. The van der Waals surface area contributed by atoms with Crippen LogP contribution in [0.4, 0.5) is 0 Å². The van der Waals surface area contributed by atoms with Gasteiger partial charge in [-0.2, -0.15) is 5.10 Å². The van der Waals surface area contributed by atoms with Crippen LogP contribution in [0.3, 0.4) is 0 Å². The molecule has 0 aromatic carbocycles. The molecule has 1 aromatic rings. The van der Waals surface area contributed by atoms with E-state index in [0.29, 0.717) is 12.0 Å². The van der Waals surface area contributed by atoms with E-state index >= 15 is 0 Å². The van der Waals surface area contributed by atoms with Crippen LogP contribution >= 0.6 is 11.6 Å². The van der Waals surface area contributed by atoms with Crippen molar-refractivity contribution in [3.63, 3.8) is 0 Å². The topological polar surface area (TPSA) is 43.8 Å². The van der Waals surface area contributed by atoms with Crippen molar-refractivity contribution in [2.24, 2.45) is 18.7 Å². The average Bonchev–Trinajstić information content (AvgIpc) is 2.67. The van der Waals surface area contributed by atoms with Gasteiger partial charge in [-0.15, -0.1) is 0 Å². The molecule has 0 radical (unpaired) electrons. The summed E-state index contributed by atoms with van der Waals surface area (Å²) in [6.45, 7) is 1.95. The molecule has 0 saturated heterocycles. The van der Waals surface area contributed by atoms with Crippen molar-refractivity contribution in [1.82, 2.24) is 9.78 Å². The van der Waals surface area contributed by atoms with Gasteiger partial charge in [0.2, 0.25) is 0 Å². The molecule has 0 spiro atoms. The lowest BCUT2D eigenvalue weighted by Crippen LogP contribution is -2.15. The lowest BCUT2D eigenvalue weighted by Gasteiger charge is -2.09. The van der Waals surface area contributed by atoms with Gasteiger partial charge in [-0.3, -0.25) is 4.68 Å². The van der Waals surface area contributed by atoms with Gasteiger partial charge < -0.3 is 5.73 Å². The van der Waals surface area contributed by atoms with Gasteiger partial charge >= 0.3 is 0 Å². The minimum absolute atomic E-state index is 0.392. The number of hydrogen-bond donors (Lipinski definition) is 1. The first-order valence-corrected chi connectivity index (χ1v) is 5.89. The molecule has 1 fully saturated rings. The monoisotopic (exact) mass is 227 g/mol. The van der Waals surface area contributed by atoms with E-state index < -0.39 is 0 Å². The van der Waals surface area contributed by atoms with Crippen LogP contribution in [0.25, 0.3) is 0 Å². The summed E-state index contributed by atoms with van der Waals surface area (Å²) >= 11 is 6.21. The van der Waals surface area contributed by atoms with Crippen molar-refractivity contribution in [3.05, 3.63) is 16.4 Å². The van der Waals surface area contributed by atoms with Crippen molar-refractivity contribution in [2.75, 3.05) is 0 Å². The third kappa shape index (κ3) is 2.18. The van der Waals surface area contributed by atoms with Crippen LogP contribution in [0, 0.1) is 12.8 Å². The normalized spacial score (nSPS) is 26.1. The van der Waals surface area contributed by atoms with Crippen LogP contribution in [0.5, 0.6) is 0 Å². The SMILES string of the molecule is Cc1nn(C)c(CC2CCC(N)C2)c1Cl. The Balaban J connectivity index is 2.10. The zero-order valence-electron chi connectivity index (χ0n) is 9.33. The number of nitrogens with zero attached hydrogens (tertiary/aromatic N) is 2. The van der Waals surface area contributed by atoms with Gasteiger partial charge in [-0.05, 0) is 38.5 Å². The fraction of sp³-hybridized carbons (Fsp3) is 0.727. The predicted molar refractivity (Wildman–Crippen MR) is 62.0 cm³/mol. The standard InChI is InChI=1S/C11H18ClN3/c1-7-11(12)10(15(2)14-7)6-8-3-4-9(13)5-8/h8-9H,3-6,13H2,1-2H3. The molecule has 3 nitrogen and oxygen atoms in total. The Morgan fingerprint density at radius 1 is 1.53 bits per heavy atom. The van der Waals surface area contributed by atoms with Gasteiger partial charge in [0.05, 0.1) is 16.4 Å². The van der Waals surface area contributed by atoms with Crippen LogP contribution in [0.2, 0.25) is 5.02 Å². The molecule has 2 atom stereocenters. The van der Waals surface area contributed by atoms with Crippen LogP contribution < -0.4 is 5.73 Å². The Bertz CT molecular complexity index is 359. The van der Waals surface area contributed by atoms with Crippen molar-refractivity contribution >= 4 is 11.6 Å². The van der Waals surface area contributed by atoms with E-state index in [1.165, 1.54) is 6.42 Å². The second kappa shape index (κ2) is 4.14. The maximum atomic E-state index is 6.21. The van der Waals surface area contributed by atoms with Crippen molar-refractivity contribution in [2.45, 2.75) is 38.6 Å². The molecule has 0 bridgehead atoms. The molecule has 1 heterocycles. The molecule has 15 heavy (non-hydrogen) atoms. The molecule has 4 heteroatoms. The number of nitrogens with two attached hydrogens (primary N) is 1. The van der Waals surface area contributed by atoms with E-state index in [1.807, 2.05) is 18.7 Å². The smallest absolute Gasteiger partial charge is 0.0847 e. The van der Waals surface area contributed by atoms with Crippen molar-refractivity contribution in [1.29, 1.82) is 0 Å². The Hall–Kier alpha value is -0.540. The molecule has 2 unspecified atom stereocenters. The summed E-state index contributed by atoms with van der Waals surface area (Å²) in [5.74, 6) is 0.687. The second-order valence-electron chi connectivity index (χ2n) is 4.61. The van der Waals surface area contributed by atoms with E-state index in [0.717, 1.165) is 35.7 Å². The summed E-state index contributed by atoms with van der Waals surface area (Å²) in [6, 6.07) is 0.392. The largest absolute Gasteiger partial charge is 0.328 e. The molecule has 0 aliphatic heterocycles. The summed E-state index contributed by atoms with van der Waals surface area (Å²) in [6.07, 6.45) is 4.52. The fourth-order valence-corrected chi connectivity index (χ4v) is 2.71. The molecule has 1 aromatic heterocycles. The maximum Gasteiger partial charge on any atom is 0.0847 e. The third-order valence-electron chi connectivity index (χ3n) is 3.33. The maximum absolute atomic E-state index is 6.21. The number of aryl methyl sites for hydroxylation is 2. The van der Waals surface area contributed by atoms with Gasteiger partial charge in [0.1, 0.15) is 0 Å². The minimum Gasteiger partial charge on any atom is -0.328 e. The third-order valence-corrected chi connectivity index (χ3v) is 3.82. The molecule has 84 valence electrons. The molecule has 1 aliphatic rings. The van der Waals surface area contributed by atoms with Gasteiger partial charge in [0, 0.05) is 13.1 Å². The quantitative estimate of drug-likeness (QED) is 0.841. The number of hydrogen-bond acceptors (Lipinski definition) is 2. The van der Waals surface area contributed by atoms with Gasteiger partial charge in [-0.1, -0.05) is 11.6 Å². The van der Waals surface area contributed by atoms with Crippen molar-refractivity contribution in [3.8, 4) is 0 Å². The first kappa shape index (κ1) is 11.0. The van der Waals surface area contributed by atoms with Crippen LogP contribution in [0.1, 0.15) is 30.7 Å². The van der Waals surface area contributed by atoms with Gasteiger partial charge in [0.15, 0.2) is 0 Å². The zero-order valence-corrected chi connectivity index (χ0v) is 10.1. The van der Waals surface area contributed by atoms with Gasteiger partial charge in [0.25, 0.3) is 0 Å². The Labute approximate surface area is 95.6 Å². The summed E-state index contributed by atoms with van der Waals surface area (Å²) < 4.78 is 1.90.